The summed E-state index contributed by atoms with van der Waals surface area (Å²) in [5.41, 5.74) is 0.478. The fourth-order valence-electron chi connectivity index (χ4n) is 3.35. The Balaban J connectivity index is 2.23. The fraction of sp³-hybridized carbons (Fsp3) is 1.00. The van der Waals surface area contributed by atoms with E-state index < -0.39 is 0 Å². The van der Waals surface area contributed by atoms with E-state index in [1.807, 2.05) is 0 Å². The van der Waals surface area contributed by atoms with Gasteiger partial charge >= 0.3 is 0 Å². The summed E-state index contributed by atoms with van der Waals surface area (Å²) in [4.78, 5) is 0. The normalized spacial score (nSPS) is 25.3. The predicted molar refractivity (Wildman–Crippen MR) is 86.6 cm³/mol. The number of unbranched alkanes of at least 4 members (excludes halogenated alkanes) is 2. The minimum absolute atomic E-state index is 0.478. The maximum absolute atomic E-state index is 3.87. The van der Waals surface area contributed by atoms with E-state index in [4.69, 9.17) is 0 Å². The molecule has 1 aliphatic carbocycles. The van der Waals surface area contributed by atoms with Gasteiger partial charge in [-0.25, -0.2) is 0 Å². The molecule has 0 aromatic rings. The van der Waals surface area contributed by atoms with Crippen LogP contribution >= 0.6 is 0 Å². The third-order valence-corrected chi connectivity index (χ3v) is 4.99. The van der Waals surface area contributed by atoms with Crippen LogP contribution in [0.2, 0.25) is 0 Å². The van der Waals surface area contributed by atoms with Gasteiger partial charge in [-0.05, 0) is 37.0 Å². The van der Waals surface area contributed by atoms with Crippen LogP contribution in [-0.2, 0) is 0 Å². The van der Waals surface area contributed by atoms with E-state index in [2.05, 4.69) is 33.0 Å². The molecule has 2 unspecified atom stereocenters. The molecule has 0 amide bonds. The van der Waals surface area contributed by atoms with E-state index in [1.54, 1.807) is 0 Å². The van der Waals surface area contributed by atoms with Gasteiger partial charge in [0.1, 0.15) is 0 Å². The van der Waals surface area contributed by atoms with Crippen molar-refractivity contribution in [1.82, 2.24) is 5.32 Å². The van der Waals surface area contributed by atoms with Crippen LogP contribution < -0.4 is 5.32 Å². The third kappa shape index (κ3) is 7.34. The van der Waals surface area contributed by atoms with Crippen LogP contribution in [0.15, 0.2) is 0 Å². The maximum atomic E-state index is 3.87. The highest BCUT2D eigenvalue weighted by molar-refractivity contribution is 4.78. The van der Waals surface area contributed by atoms with E-state index in [9.17, 15) is 0 Å². The summed E-state index contributed by atoms with van der Waals surface area (Å²) in [7, 11) is 0. The Labute approximate surface area is 121 Å². The quantitative estimate of drug-likeness (QED) is 0.449. The predicted octanol–water partition coefficient (Wildman–Crippen LogP) is 5.54. The molecule has 1 N–H and O–H groups in total. The van der Waals surface area contributed by atoms with Crippen LogP contribution in [0.5, 0.6) is 0 Å². The summed E-state index contributed by atoms with van der Waals surface area (Å²) in [6.07, 6.45) is 14.0. The number of hydrogen-bond acceptors (Lipinski definition) is 1. The zero-order valence-corrected chi connectivity index (χ0v) is 13.9. The molecule has 2 atom stereocenters. The molecule has 0 aliphatic heterocycles. The SMILES string of the molecule is CCCCCC(C)(C)CNC1CCCC(CC)CC1. The first-order valence-electron chi connectivity index (χ1n) is 8.80. The zero-order chi connectivity index (χ0) is 14.1. The molecular formula is C18H37N. The second-order valence-electron chi connectivity index (χ2n) is 7.48. The largest absolute Gasteiger partial charge is 0.313 e. The molecular weight excluding hydrogens is 230 g/mol. The van der Waals surface area contributed by atoms with E-state index >= 15 is 0 Å². The second-order valence-corrected chi connectivity index (χ2v) is 7.48. The highest BCUT2D eigenvalue weighted by atomic mass is 14.9. The first-order valence-corrected chi connectivity index (χ1v) is 8.80. The van der Waals surface area contributed by atoms with Gasteiger partial charge in [-0.15, -0.1) is 0 Å². The van der Waals surface area contributed by atoms with Crippen LogP contribution in [0, 0.1) is 11.3 Å². The number of nitrogens with one attached hydrogen (secondary N) is 1. The Bertz CT molecular complexity index is 222. The second kappa shape index (κ2) is 9.00. The molecule has 0 aromatic heterocycles. The molecule has 0 spiro atoms. The van der Waals surface area contributed by atoms with Crippen molar-refractivity contribution >= 4 is 0 Å². The summed E-state index contributed by atoms with van der Waals surface area (Å²) < 4.78 is 0. The average molecular weight is 268 g/mol. The highest BCUT2D eigenvalue weighted by Gasteiger charge is 2.21. The van der Waals surface area contributed by atoms with Crippen molar-refractivity contribution in [2.24, 2.45) is 11.3 Å². The minimum atomic E-state index is 0.478. The lowest BCUT2D eigenvalue weighted by Crippen LogP contribution is -2.36. The Kier molecular flexibility index (Phi) is 8.06. The van der Waals surface area contributed by atoms with Gasteiger partial charge in [-0.1, -0.05) is 66.2 Å². The van der Waals surface area contributed by atoms with Crippen LogP contribution in [0.3, 0.4) is 0 Å². The van der Waals surface area contributed by atoms with Crippen molar-refractivity contribution in [3.8, 4) is 0 Å². The smallest absolute Gasteiger partial charge is 0.00673 e. The van der Waals surface area contributed by atoms with E-state index in [0.717, 1.165) is 12.0 Å². The molecule has 1 aliphatic rings. The molecule has 1 fully saturated rings. The van der Waals surface area contributed by atoms with E-state index in [-0.39, 0.29) is 0 Å². The van der Waals surface area contributed by atoms with Crippen LogP contribution in [-0.4, -0.2) is 12.6 Å². The molecule has 114 valence electrons. The maximum Gasteiger partial charge on any atom is 0.00673 e. The van der Waals surface area contributed by atoms with Crippen molar-refractivity contribution in [2.75, 3.05) is 6.54 Å². The first-order chi connectivity index (χ1) is 9.07. The molecule has 1 nitrogen and oxygen atoms in total. The van der Waals surface area contributed by atoms with Crippen molar-refractivity contribution in [1.29, 1.82) is 0 Å². The molecule has 1 heteroatoms. The monoisotopic (exact) mass is 267 g/mol. The van der Waals surface area contributed by atoms with E-state index in [0.29, 0.717) is 5.41 Å². The van der Waals surface area contributed by atoms with E-state index in [1.165, 1.54) is 70.8 Å². The summed E-state index contributed by atoms with van der Waals surface area (Å²) >= 11 is 0. The molecule has 1 saturated carbocycles. The van der Waals surface area contributed by atoms with Gasteiger partial charge in [0.05, 0.1) is 0 Å². The summed E-state index contributed by atoms with van der Waals surface area (Å²) in [5.74, 6) is 1.00. The van der Waals surface area contributed by atoms with Gasteiger partial charge < -0.3 is 5.32 Å². The van der Waals surface area contributed by atoms with Crippen molar-refractivity contribution < 1.29 is 0 Å². The molecule has 0 heterocycles. The van der Waals surface area contributed by atoms with Crippen molar-refractivity contribution in [2.45, 2.75) is 97.9 Å². The van der Waals surface area contributed by atoms with Gasteiger partial charge in [0, 0.05) is 12.6 Å². The Morgan fingerprint density at radius 2 is 1.79 bits per heavy atom. The van der Waals surface area contributed by atoms with Gasteiger partial charge in [0.2, 0.25) is 0 Å². The third-order valence-electron chi connectivity index (χ3n) is 4.99. The Morgan fingerprint density at radius 1 is 1.00 bits per heavy atom. The molecule has 0 saturated heterocycles. The number of hydrogen-bond donors (Lipinski definition) is 1. The van der Waals surface area contributed by atoms with Crippen LogP contribution in [0.25, 0.3) is 0 Å². The average Bonchev–Trinajstić information content (AvgIpc) is 2.61. The molecule has 1 rings (SSSR count). The van der Waals surface area contributed by atoms with Gasteiger partial charge in [-0.3, -0.25) is 0 Å². The van der Waals surface area contributed by atoms with Crippen LogP contribution in [0.4, 0.5) is 0 Å². The minimum Gasteiger partial charge on any atom is -0.313 e. The van der Waals surface area contributed by atoms with Gasteiger partial charge in [-0.2, -0.15) is 0 Å². The molecule has 0 radical (unpaired) electrons. The topological polar surface area (TPSA) is 12.0 Å². The molecule has 19 heavy (non-hydrogen) atoms. The van der Waals surface area contributed by atoms with Gasteiger partial charge in [0.15, 0.2) is 0 Å². The van der Waals surface area contributed by atoms with Crippen molar-refractivity contribution in [3.63, 3.8) is 0 Å². The van der Waals surface area contributed by atoms with Crippen LogP contribution in [0.1, 0.15) is 91.9 Å². The zero-order valence-electron chi connectivity index (χ0n) is 13.9. The molecule has 0 aromatic carbocycles. The summed E-state index contributed by atoms with van der Waals surface area (Å²) in [5, 5.41) is 3.87. The lowest BCUT2D eigenvalue weighted by atomic mass is 9.86. The Hall–Kier alpha value is -0.0400. The Morgan fingerprint density at radius 3 is 2.47 bits per heavy atom. The highest BCUT2D eigenvalue weighted by Crippen LogP contribution is 2.27. The summed E-state index contributed by atoms with van der Waals surface area (Å²) in [6, 6.07) is 0.794. The fourth-order valence-corrected chi connectivity index (χ4v) is 3.35. The van der Waals surface area contributed by atoms with Gasteiger partial charge in [0.25, 0.3) is 0 Å². The standard InChI is InChI=1S/C18H37N/c1-5-7-8-14-18(3,4)15-19-17-11-9-10-16(6-2)12-13-17/h16-17,19H,5-15H2,1-4H3. The van der Waals surface area contributed by atoms with Crippen molar-refractivity contribution in [3.05, 3.63) is 0 Å². The molecule has 0 bridgehead atoms. The number of rotatable bonds is 8. The lowest BCUT2D eigenvalue weighted by molar-refractivity contribution is 0.278. The summed E-state index contributed by atoms with van der Waals surface area (Å²) in [6.45, 7) is 10.7. The first kappa shape index (κ1) is 17.0. The lowest BCUT2D eigenvalue weighted by Gasteiger charge is -2.28.